The van der Waals surface area contributed by atoms with Crippen LogP contribution in [-0.2, 0) is 9.53 Å². The molecule has 1 aromatic heterocycles. The van der Waals surface area contributed by atoms with Gasteiger partial charge in [-0.1, -0.05) is 18.2 Å². The molecule has 3 aromatic rings. The van der Waals surface area contributed by atoms with Gasteiger partial charge in [0.25, 0.3) is 5.91 Å². The van der Waals surface area contributed by atoms with Crippen molar-refractivity contribution in [2.24, 2.45) is 0 Å². The van der Waals surface area contributed by atoms with Crippen molar-refractivity contribution in [3.05, 3.63) is 78.1 Å². The molecule has 3 rings (SSSR count). The predicted octanol–water partition coefficient (Wildman–Crippen LogP) is 3.25. The zero-order chi connectivity index (χ0) is 19.8. The van der Waals surface area contributed by atoms with E-state index in [1.165, 1.54) is 0 Å². The van der Waals surface area contributed by atoms with Crippen molar-refractivity contribution >= 4 is 23.6 Å². The minimum Gasteiger partial charge on any atom is -0.452 e. The highest BCUT2D eigenvalue weighted by Crippen LogP contribution is 2.15. The van der Waals surface area contributed by atoms with E-state index < -0.39 is 5.97 Å². The summed E-state index contributed by atoms with van der Waals surface area (Å²) in [7, 11) is 0. The summed E-state index contributed by atoms with van der Waals surface area (Å²) >= 11 is 1.66. The van der Waals surface area contributed by atoms with E-state index in [9.17, 15) is 9.59 Å². The fraction of sp³-hybridized carbons (Fsp3) is 0.190. The summed E-state index contributed by atoms with van der Waals surface area (Å²) in [4.78, 5) is 25.1. The Balaban J connectivity index is 1.40. The molecule has 0 aliphatic heterocycles. The van der Waals surface area contributed by atoms with Crippen LogP contribution in [0.5, 0.6) is 0 Å². The standard InChI is InChI=1S/C21H21N3O3S/c1-16-11-12-23-24(16)18-9-7-17(8-10-18)21(26)27-15-20(25)22-13-14-28-19-5-3-2-4-6-19/h2-12H,13-15H2,1H3,(H,22,25). The van der Waals surface area contributed by atoms with Gasteiger partial charge in [-0.05, 0) is 49.4 Å². The molecule has 28 heavy (non-hydrogen) atoms. The number of nitrogens with zero attached hydrogens (tertiary/aromatic N) is 2. The van der Waals surface area contributed by atoms with Crippen molar-refractivity contribution in [1.82, 2.24) is 15.1 Å². The summed E-state index contributed by atoms with van der Waals surface area (Å²) < 4.78 is 6.85. The summed E-state index contributed by atoms with van der Waals surface area (Å²) in [6.07, 6.45) is 1.72. The lowest BCUT2D eigenvalue weighted by atomic mass is 10.2. The molecule has 0 atom stereocenters. The number of carbonyl (C=O) groups is 2. The number of ether oxygens (including phenoxy) is 1. The topological polar surface area (TPSA) is 73.2 Å². The van der Waals surface area contributed by atoms with E-state index in [-0.39, 0.29) is 12.5 Å². The van der Waals surface area contributed by atoms with Crippen LogP contribution in [0.2, 0.25) is 0 Å². The maximum absolute atomic E-state index is 12.1. The van der Waals surface area contributed by atoms with Gasteiger partial charge in [0.05, 0.1) is 11.3 Å². The van der Waals surface area contributed by atoms with Gasteiger partial charge in [0, 0.05) is 29.1 Å². The second kappa shape index (κ2) is 9.75. The van der Waals surface area contributed by atoms with Crippen LogP contribution in [0.25, 0.3) is 5.69 Å². The molecule has 1 heterocycles. The second-order valence-electron chi connectivity index (χ2n) is 6.02. The van der Waals surface area contributed by atoms with E-state index in [4.69, 9.17) is 4.74 Å². The number of hydrogen-bond donors (Lipinski definition) is 1. The molecule has 0 radical (unpaired) electrons. The average Bonchev–Trinajstić information content (AvgIpc) is 3.16. The third-order valence-electron chi connectivity index (χ3n) is 3.95. The van der Waals surface area contributed by atoms with Gasteiger partial charge in [-0.2, -0.15) is 5.10 Å². The molecule has 0 saturated heterocycles. The maximum Gasteiger partial charge on any atom is 0.338 e. The summed E-state index contributed by atoms with van der Waals surface area (Å²) in [5.74, 6) is -0.0961. The number of hydrogen-bond acceptors (Lipinski definition) is 5. The van der Waals surface area contributed by atoms with E-state index in [0.717, 1.165) is 22.0 Å². The van der Waals surface area contributed by atoms with E-state index >= 15 is 0 Å². The first kappa shape index (κ1) is 19.7. The van der Waals surface area contributed by atoms with Crippen LogP contribution in [0.4, 0.5) is 0 Å². The molecule has 0 unspecified atom stereocenters. The van der Waals surface area contributed by atoms with Crippen molar-refractivity contribution < 1.29 is 14.3 Å². The molecule has 0 aliphatic carbocycles. The lowest BCUT2D eigenvalue weighted by molar-refractivity contribution is -0.124. The molecule has 0 saturated carbocycles. The predicted molar refractivity (Wildman–Crippen MR) is 109 cm³/mol. The molecule has 1 N–H and O–H groups in total. The van der Waals surface area contributed by atoms with Gasteiger partial charge in [0.2, 0.25) is 0 Å². The highest BCUT2D eigenvalue weighted by Gasteiger charge is 2.11. The highest BCUT2D eigenvalue weighted by molar-refractivity contribution is 7.99. The molecule has 0 fully saturated rings. The Bertz CT molecular complexity index is 924. The van der Waals surface area contributed by atoms with Gasteiger partial charge < -0.3 is 10.1 Å². The van der Waals surface area contributed by atoms with Crippen LogP contribution < -0.4 is 5.32 Å². The minimum atomic E-state index is -0.530. The molecule has 1 amide bonds. The van der Waals surface area contributed by atoms with Gasteiger partial charge >= 0.3 is 5.97 Å². The number of esters is 1. The number of rotatable bonds is 8. The Morgan fingerprint density at radius 1 is 1.07 bits per heavy atom. The monoisotopic (exact) mass is 395 g/mol. The molecule has 6 nitrogen and oxygen atoms in total. The zero-order valence-electron chi connectivity index (χ0n) is 15.5. The Kier molecular flexibility index (Phi) is 6.86. The SMILES string of the molecule is Cc1ccnn1-c1ccc(C(=O)OCC(=O)NCCSc2ccccc2)cc1. The van der Waals surface area contributed by atoms with Crippen LogP contribution >= 0.6 is 11.8 Å². The largest absolute Gasteiger partial charge is 0.452 e. The summed E-state index contributed by atoms with van der Waals surface area (Å²) in [6.45, 7) is 2.16. The number of carbonyl (C=O) groups excluding carboxylic acids is 2. The first-order valence-electron chi connectivity index (χ1n) is 8.86. The lowest BCUT2D eigenvalue weighted by Crippen LogP contribution is -2.30. The van der Waals surface area contributed by atoms with Gasteiger partial charge in [-0.25, -0.2) is 9.48 Å². The number of aryl methyl sites for hydroxylation is 1. The Morgan fingerprint density at radius 3 is 2.50 bits per heavy atom. The number of nitrogens with one attached hydrogen (secondary N) is 1. The average molecular weight is 395 g/mol. The van der Waals surface area contributed by atoms with Crippen LogP contribution in [0.1, 0.15) is 16.1 Å². The highest BCUT2D eigenvalue weighted by atomic mass is 32.2. The normalized spacial score (nSPS) is 10.5. The molecule has 7 heteroatoms. The molecule has 144 valence electrons. The molecule has 0 aliphatic rings. The number of thioether (sulfide) groups is 1. The van der Waals surface area contributed by atoms with Crippen molar-refractivity contribution in [2.75, 3.05) is 18.9 Å². The summed E-state index contributed by atoms with van der Waals surface area (Å²) in [6, 6.07) is 18.8. The first-order valence-corrected chi connectivity index (χ1v) is 9.85. The van der Waals surface area contributed by atoms with Crippen molar-refractivity contribution in [3.63, 3.8) is 0 Å². The zero-order valence-corrected chi connectivity index (χ0v) is 16.3. The van der Waals surface area contributed by atoms with Crippen molar-refractivity contribution in [3.8, 4) is 5.69 Å². The third kappa shape index (κ3) is 5.47. The van der Waals surface area contributed by atoms with Gasteiger partial charge in [0.1, 0.15) is 0 Å². The third-order valence-corrected chi connectivity index (χ3v) is 4.96. The molecule has 0 spiro atoms. The minimum absolute atomic E-state index is 0.297. The number of benzene rings is 2. The Labute approximate surface area is 167 Å². The smallest absolute Gasteiger partial charge is 0.338 e. The quantitative estimate of drug-likeness (QED) is 0.360. The van der Waals surface area contributed by atoms with E-state index in [1.54, 1.807) is 46.9 Å². The van der Waals surface area contributed by atoms with Gasteiger partial charge in [0.15, 0.2) is 6.61 Å². The van der Waals surface area contributed by atoms with E-state index in [1.807, 2.05) is 43.3 Å². The molecule has 0 bridgehead atoms. The molecular formula is C21H21N3O3S. The van der Waals surface area contributed by atoms with Crippen LogP contribution in [0.15, 0.2) is 71.8 Å². The summed E-state index contributed by atoms with van der Waals surface area (Å²) in [5, 5.41) is 6.97. The second-order valence-corrected chi connectivity index (χ2v) is 7.19. The Morgan fingerprint density at radius 2 is 1.82 bits per heavy atom. The van der Waals surface area contributed by atoms with Crippen LogP contribution in [0.3, 0.4) is 0 Å². The first-order chi connectivity index (χ1) is 13.6. The van der Waals surface area contributed by atoms with Crippen molar-refractivity contribution in [2.45, 2.75) is 11.8 Å². The van der Waals surface area contributed by atoms with Crippen LogP contribution in [-0.4, -0.2) is 40.6 Å². The van der Waals surface area contributed by atoms with Crippen LogP contribution in [0, 0.1) is 6.92 Å². The summed E-state index contributed by atoms with van der Waals surface area (Å²) in [5.41, 5.74) is 2.24. The Hall–Kier alpha value is -3.06. The number of amides is 1. The maximum atomic E-state index is 12.1. The van der Waals surface area contributed by atoms with E-state index in [0.29, 0.717) is 12.1 Å². The van der Waals surface area contributed by atoms with Crippen molar-refractivity contribution in [1.29, 1.82) is 0 Å². The fourth-order valence-corrected chi connectivity index (χ4v) is 3.31. The fourth-order valence-electron chi connectivity index (χ4n) is 2.52. The lowest BCUT2D eigenvalue weighted by Gasteiger charge is -2.08. The van der Waals surface area contributed by atoms with Gasteiger partial charge in [-0.3, -0.25) is 4.79 Å². The molecular weight excluding hydrogens is 374 g/mol. The van der Waals surface area contributed by atoms with Gasteiger partial charge in [-0.15, -0.1) is 11.8 Å². The number of aromatic nitrogens is 2. The molecule has 2 aromatic carbocycles. The van der Waals surface area contributed by atoms with E-state index in [2.05, 4.69) is 10.4 Å².